The smallest absolute Gasteiger partial charge is 0.0468 e. The fourth-order valence-corrected chi connectivity index (χ4v) is 2.90. The summed E-state index contributed by atoms with van der Waals surface area (Å²) in [4.78, 5) is 0. The molecule has 0 amide bonds. The van der Waals surface area contributed by atoms with Crippen LogP contribution in [0.3, 0.4) is 0 Å². The van der Waals surface area contributed by atoms with Gasteiger partial charge < -0.3 is 10.1 Å². The van der Waals surface area contributed by atoms with E-state index in [0.29, 0.717) is 6.04 Å². The van der Waals surface area contributed by atoms with Crippen LogP contribution in [0.2, 0.25) is 0 Å². The van der Waals surface area contributed by atoms with E-state index in [4.69, 9.17) is 4.74 Å². The predicted molar refractivity (Wildman–Crippen MR) is 65.7 cm³/mol. The number of hydrogen-bond acceptors (Lipinski definition) is 2. The molecule has 0 aromatic heterocycles. The van der Waals surface area contributed by atoms with Gasteiger partial charge in [0.1, 0.15) is 0 Å². The van der Waals surface area contributed by atoms with E-state index in [2.05, 4.69) is 29.6 Å². The number of fused-ring (bicyclic) bond motifs is 1. The number of para-hydroxylation sites is 1. The van der Waals surface area contributed by atoms with Crippen LogP contribution in [0.15, 0.2) is 24.3 Å². The molecule has 1 aromatic carbocycles. The standard InChI is InChI=1S/C14H19NO/c1-2-4-14-12(3-1)10-13(15-14)9-11-5-7-16-8-6-11/h1-4,11,13,15H,5-10H2. The van der Waals surface area contributed by atoms with E-state index >= 15 is 0 Å². The highest BCUT2D eigenvalue weighted by Crippen LogP contribution is 2.30. The summed E-state index contributed by atoms with van der Waals surface area (Å²) in [6.45, 7) is 1.93. The minimum atomic E-state index is 0.653. The quantitative estimate of drug-likeness (QED) is 0.822. The molecule has 0 spiro atoms. The van der Waals surface area contributed by atoms with Crippen LogP contribution in [0.25, 0.3) is 0 Å². The molecule has 2 aliphatic rings. The van der Waals surface area contributed by atoms with E-state index in [1.807, 2.05) is 0 Å². The molecule has 16 heavy (non-hydrogen) atoms. The first-order chi connectivity index (χ1) is 7.92. The van der Waals surface area contributed by atoms with Crippen molar-refractivity contribution in [1.29, 1.82) is 0 Å². The molecule has 3 rings (SSSR count). The Balaban J connectivity index is 1.59. The molecule has 2 heterocycles. The summed E-state index contributed by atoms with van der Waals surface area (Å²) < 4.78 is 5.41. The molecule has 1 unspecified atom stereocenters. The highest BCUT2D eigenvalue weighted by molar-refractivity contribution is 5.56. The molecule has 2 nitrogen and oxygen atoms in total. The second-order valence-electron chi connectivity index (χ2n) is 4.99. The molecule has 0 saturated carbocycles. The lowest BCUT2D eigenvalue weighted by Crippen LogP contribution is -2.24. The largest absolute Gasteiger partial charge is 0.382 e. The van der Waals surface area contributed by atoms with Gasteiger partial charge in [-0.05, 0) is 43.2 Å². The molecule has 2 heteroatoms. The Morgan fingerprint density at radius 2 is 2.00 bits per heavy atom. The van der Waals surface area contributed by atoms with Gasteiger partial charge in [-0.15, -0.1) is 0 Å². The van der Waals surface area contributed by atoms with Crippen LogP contribution < -0.4 is 5.32 Å². The Morgan fingerprint density at radius 1 is 1.19 bits per heavy atom. The molecule has 0 bridgehead atoms. The fraction of sp³-hybridized carbons (Fsp3) is 0.571. The highest BCUT2D eigenvalue weighted by Gasteiger charge is 2.24. The van der Waals surface area contributed by atoms with Crippen molar-refractivity contribution in [2.24, 2.45) is 5.92 Å². The summed E-state index contributed by atoms with van der Waals surface area (Å²) >= 11 is 0. The second kappa shape index (κ2) is 4.46. The third-order valence-corrected chi connectivity index (χ3v) is 3.80. The number of anilines is 1. The van der Waals surface area contributed by atoms with Crippen molar-refractivity contribution in [3.8, 4) is 0 Å². The molecular formula is C14H19NO. The van der Waals surface area contributed by atoms with Gasteiger partial charge in [-0.25, -0.2) is 0 Å². The van der Waals surface area contributed by atoms with Crippen LogP contribution in [-0.2, 0) is 11.2 Å². The fourth-order valence-electron chi connectivity index (χ4n) is 2.90. The van der Waals surface area contributed by atoms with Gasteiger partial charge in [0, 0.05) is 24.9 Å². The second-order valence-corrected chi connectivity index (χ2v) is 4.99. The van der Waals surface area contributed by atoms with Crippen molar-refractivity contribution in [2.45, 2.75) is 31.7 Å². The van der Waals surface area contributed by atoms with E-state index in [0.717, 1.165) is 19.1 Å². The lowest BCUT2D eigenvalue weighted by molar-refractivity contribution is 0.0626. The number of benzene rings is 1. The van der Waals surface area contributed by atoms with E-state index in [-0.39, 0.29) is 0 Å². The Morgan fingerprint density at radius 3 is 2.81 bits per heavy atom. The molecule has 2 aliphatic heterocycles. The highest BCUT2D eigenvalue weighted by atomic mass is 16.5. The SMILES string of the molecule is c1ccc2c(c1)CC(CC1CCOCC1)N2. The van der Waals surface area contributed by atoms with Gasteiger partial charge in [0.05, 0.1) is 0 Å². The molecular weight excluding hydrogens is 198 g/mol. The van der Waals surface area contributed by atoms with Gasteiger partial charge >= 0.3 is 0 Å². The Hall–Kier alpha value is -1.02. The number of ether oxygens (including phenoxy) is 1. The number of rotatable bonds is 2. The summed E-state index contributed by atoms with van der Waals surface area (Å²) in [5, 5.41) is 3.64. The minimum absolute atomic E-state index is 0.653. The van der Waals surface area contributed by atoms with Crippen molar-refractivity contribution in [2.75, 3.05) is 18.5 Å². The summed E-state index contributed by atoms with van der Waals surface area (Å²) in [5.74, 6) is 0.862. The van der Waals surface area contributed by atoms with Gasteiger partial charge in [-0.2, -0.15) is 0 Å². The molecule has 0 aliphatic carbocycles. The lowest BCUT2D eigenvalue weighted by atomic mass is 9.91. The van der Waals surface area contributed by atoms with Crippen LogP contribution in [-0.4, -0.2) is 19.3 Å². The summed E-state index contributed by atoms with van der Waals surface area (Å²) in [7, 11) is 0. The maximum absolute atomic E-state index is 5.41. The third-order valence-electron chi connectivity index (χ3n) is 3.80. The average molecular weight is 217 g/mol. The first kappa shape index (κ1) is 10.2. The molecule has 1 saturated heterocycles. The number of nitrogens with one attached hydrogen (secondary N) is 1. The molecule has 86 valence electrons. The zero-order chi connectivity index (χ0) is 10.8. The van der Waals surface area contributed by atoms with Gasteiger partial charge in [-0.3, -0.25) is 0 Å². The maximum Gasteiger partial charge on any atom is 0.0468 e. The van der Waals surface area contributed by atoms with Crippen LogP contribution in [0.4, 0.5) is 5.69 Å². The Kier molecular flexibility index (Phi) is 2.83. The Bertz CT molecular complexity index is 333. The maximum atomic E-state index is 5.41. The molecule has 0 radical (unpaired) electrons. The lowest BCUT2D eigenvalue weighted by Gasteiger charge is -2.24. The summed E-state index contributed by atoms with van der Waals surface area (Å²) in [6.07, 6.45) is 4.99. The van der Waals surface area contributed by atoms with Gasteiger partial charge in [0.25, 0.3) is 0 Å². The van der Waals surface area contributed by atoms with Crippen LogP contribution in [0.5, 0.6) is 0 Å². The van der Waals surface area contributed by atoms with E-state index in [1.54, 1.807) is 0 Å². The first-order valence-corrected chi connectivity index (χ1v) is 6.34. The third kappa shape index (κ3) is 2.07. The van der Waals surface area contributed by atoms with Crippen LogP contribution >= 0.6 is 0 Å². The van der Waals surface area contributed by atoms with E-state index in [9.17, 15) is 0 Å². The molecule has 1 fully saturated rings. The van der Waals surface area contributed by atoms with Crippen molar-refractivity contribution in [3.63, 3.8) is 0 Å². The first-order valence-electron chi connectivity index (χ1n) is 6.34. The van der Waals surface area contributed by atoms with Crippen molar-refractivity contribution >= 4 is 5.69 Å². The normalized spacial score (nSPS) is 25.1. The van der Waals surface area contributed by atoms with Gasteiger partial charge in [0.2, 0.25) is 0 Å². The van der Waals surface area contributed by atoms with Crippen LogP contribution in [0.1, 0.15) is 24.8 Å². The molecule has 1 aromatic rings. The zero-order valence-electron chi connectivity index (χ0n) is 9.61. The van der Waals surface area contributed by atoms with E-state index < -0.39 is 0 Å². The topological polar surface area (TPSA) is 21.3 Å². The van der Waals surface area contributed by atoms with Crippen molar-refractivity contribution < 1.29 is 4.74 Å². The molecule has 1 N–H and O–H groups in total. The van der Waals surface area contributed by atoms with E-state index in [1.165, 1.54) is 36.9 Å². The van der Waals surface area contributed by atoms with Crippen molar-refractivity contribution in [3.05, 3.63) is 29.8 Å². The minimum Gasteiger partial charge on any atom is -0.382 e. The average Bonchev–Trinajstić information content (AvgIpc) is 2.72. The van der Waals surface area contributed by atoms with Crippen LogP contribution in [0, 0.1) is 5.92 Å². The van der Waals surface area contributed by atoms with Gasteiger partial charge in [-0.1, -0.05) is 18.2 Å². The molecule has 1 atom stereocenters. The zero-order valence-corrected chi connectivity index (χ0v) is 9.61. The monoisotopic (exact) mass is 217 g/mol. The number of hydrogen-bond donors (Lipinski definition) is 1. The van der Waals surface area contributed by atoms with Gasteiger partial charge in [0.15, 0.2) is 0 Å². The Labute approximate surface area is 97.0 Å². The van der Waals surface area contributed by atoms with Crippen molar-refractivity contribution in [1.82, 2.24) is 0 Å². The predicted octanol–water partition coefficient (Wildman–Crippen LogP) is 2.84. The summed E-state index contributed by atoms with van der Waals surface area (Å²) in [6, 6.07) is 9.34. The summed E-state index contributed by atoms with van der Waals surface area (Å²) in [5.41, 5.74) is 2.83.